The van der Waals surface area contributed by atoms with E-state index in [0.29, 0.717) is 0 Å². The maximum atomic E-state index is 12.8. The Balaban J connectivity index is 1.49. The summed E-state index contributed by atoms with van der Waals surface area (Å²) in [4.78, 5) is 14.8. The summed E-state index contributed by atoms with van der Waals surface area (Å²) in [5, 5.41) is 13.9. The van der Waals surface area contributed by atoms with E-state index < -0.39 is 0 Å². The van der Waals surface area contributed by atoms with E-state index in [1.807, 2.05) is 84.2 Å². The van der Waals surface area contributed by atoms with Gasteiger partial charge in [-0.3, -0.25) is 4.79 Å². The fraction of sp³-hybridized carbons (Fsp3) is 0.0769. The van der Waals surface area contributed by atoms with Gasteiger partial charge in [0.1, 0.15) is 7.05 Å². The highest BCUT2D eigenvalue weighted by Crippen LogP contribution is 2.35. The van der Waals surface area contributed by atoms with E-state index in [9.17, 15) is 9.90 Å². The molecule has 1 aromatic heterocycles. The number of ketones is 1. The van der Waals surface area contributed by atoms with E-state index in [1.165, 1.54) is 0 Å². The lowest BCUT2D eigenvalue weighted by atomic mass is 9.86. The van der Waals surface area contributed by atoms with Crippen molar-refractivity contribution in [2.45, 2.75) is 0 Å². The Morgan fingerprint density at radius 1 is 0.969 bits per heavy atom. The van der Waals surface area contributed by atoms with Crippen molar-refractivity contribution >= 4 is 66.4 Å². The molecular formula is C26H18Br2N2O2. The van der Waals surface area contributed by atoms with Crippen LogP contribution in [0.4, 0.5) is 5.69 Å². The molecular weight excluding hydrogens is 532 g/mol. The third kappa shape index (κ3) is 3.44. The van der Waals surface area contributed by atoms with E-state index in [2.05, 4.69) is 31.9 Å². The number of allylic oxidation sites excluding steroid dienone is 4. The number of carbonyl (C=O) groups is 1. The van der Waals surface area contributed by atoms with Gasteiger partial charge in [0, 0.05) is 62.1 Å². The summed E-state index contributed by atoms with van der Waals surface area (Å²) in [6.45, 7) is 0. The number of fused-ring (bicyclic) bond motifs is 2. The lowest BCUT2D eigenvalue weighted by molar-refractivity contribution is -0.646. The molecule has 0 amide bonds. The second-order valence-corrected chi connectivity index (χ2v) is 9.65. The Hall–Kier alpha value is -2.96. The van der Waals surface area contributed by atoms with E-state index in [4.69, 9.17) is 0 Å². The molecule has 2 aromatic carbocycles. The van der Waals surface area contributed by atoms with Gasteiger partial charge in [-0.15, -0.1) is 0 Å². The molecule has 0 saturated carbocycles. The molecule has 2 heterocycles. The van der Waals surface area contributed by atoms with E-state index in [-0.39, 0.29) is 22.7 Å². The Morgan fingerprint density at radius 3 is 2.50 bits per heavy atom. The van der Waals surface area contributed by atoms with Crippen molar-refractivity contribution in [3.05, 3.63) is 103 Å². The normalized spacial score (nSPS) is 18.0. The van der Waals surface area contributed by atoms with Crippen molar-refractivity contribution in [3.8, 4) is 0 Å². The molecule has 0 unspecified atom stereocenters. The summed E-state index contributed by atoms with van der Waals surface area (Å²) in [6.07, 6.45) is 7.28. The molecule has 0 spiro atoms. The Labute approximate surface area is 202 Å². The minimum Gasteiger partial charge on any atom is -0.871 e. The van der Waals surface area contributed by atoms with E-state index in [0.717, 1.165) is 42.5 Å². The number of rotatable bonds is 2. The molecule has 158 valence electrons. The molecule has 32 heavy (non-hydrogen) atoms. The molecule has 0 fully saturated rings. The summed E-state index contributed by atoms with van der Waals surface area (Å²) in [5.74, 6) is -0.441. The summed E-state index contributed by atoms with van der Waals surface area (Å²) in [6, 6.07) is 16.0. The van der Waals surface area contributed by atoms with Crippen LogP contribution in [0.5, 0.6) is 0 Å². The molecule has 4 nitrogen and oxygen atoms in total. The zero-order chi connectivity index (χ0) is 22.6. The Kier molecular flexibility index (Phi) is 5.14. The number of likely N-dealkylation sites (N-methyl/N-ethyl adjacent to an activating group) is 1. The molecule has 3 aromatic rings. The van der Waals surface area contributed by atoms with Gasteiger partial charge in [-0.1, -0.05) is 43.7 Å². The average molecular weight is 550 g/mol. The monoisotopic (exact) mass is 548 g/mol. The minimum atomic E-state index is -0.221. The van der Waals surface area contributed by atoms with Crippen molar-refractivity contribution < 1.29 is 14.5 Å². The fourth-order valence-electron chi connectivity index (χ4n) is 4.06. The van der Waals surface area contributed by atoms with Crippen LogP contribution in [0, 0.1) is 0 Å². The van der Waals surface area contributed by atoms with Crippen molar-refractivity contribution in [2.24, 2.45) is 7.05 Å². The first kappa shape index (κ1) is 20.9. The average Bonchev–Trinajstić information content (AvgIpc) is 2.78. The van der Waals surface area contributed by atoms with Crippen LogP contribution in [-0.4, -0.2) is 12.8 Å². The minimum absolute atomic E-state index is 0.218. The summed E-state index contributed by atoms with van der Waals surface area (Å²) in [7, 11) is 3.86. The van der Waals surface area contributed by atoms with Gasteiger partial charge in [-0.2, -0.15) is 4.57 Å². The number of hydrogen-bond acceptors (Lipinski definition) is 3. The zero-order valence-corrected chi connectivity index (χ0v) is 20.6. The second kappa shape index (κ2) is 7.87. The second-order valence-electron chi connectivity index (χ2n) is 7.81. The molecule has 5 rings (SSSR count). The number of halogens is 2. The fourth-order valence-corrected chi connectivity index (χ4v) is 4.82. The SMILES string of the molecule is CN1/C(=C/C2=C([O-])C(=C/c3ccc4cc(Br)ccc4[n+]3C)/C2=O)C=Cc2cc(Br)ccc21. The highest BCUT2D eigenvalue weighted by atomic mass is 79.9. The summed E-state index contributed by atoms with van der Waals surface area (Å²) >= 11 is 6.97. The summed E-state index contributed by atoms with van der Waals surface area (Å²) < 4.78 is 3.99. The molecule has 0 radical (unpaired) electrons. The molecule has 1 aliphatic carbocycles. The van der Waals surface area contributed by atoms with Crippen molar-refractivity contribution in [1.29, 1.82) is 0 Å². The molecule has 6 heteroatoms. The Morgan fingerprint density at radius 2 is 1.72 bits per heavy atom. The van der Waals surface area contributed by atoms with Crippen LogP contribution in [0.3, 0.4) is 0 Å². The molecule has 0 bridgehead atoms. The summed E-state index contributed by atoms with van der Waals surface area (Å²) in [5.41, 5.74) is 5.16. The number of carbonyl (C=O) groups excluding carboxylic acids is 1. The number of Topliss-reactive ketones (excluding diaryl/α,β-unsaturated/α-hetero) is 1. The highest BCUT2D eigenvalue weighted by molar-refractivity contribution is 9.10. The van der Waals surface area contributed by atoms with Gasteiger partial charge >= 0.3 is 0 Å². The predicted molar refractivity (Wildman–Crippen MR) is 132 cm³/mol. The number of aryl methyl sites for hydroxylation is 1. The predicted octanol–water partition coefficient (Wildman–Crippen LogP) is 4.82. The van der Waals surface area contributed by atoms with Gasteiger partial charge in [-0.25, -0.2) is 0 Å². The molecule has 2 aliphatic rings. The molecule has 0 atom stereocenters. The lowest BCUT2D eigenvalue weighted by Gasteiger charge is -2.31. The van der Waals surface area contributed by atoms with Crippen LogP contribution in [0.1, 0.15) is 11.3 Å². The zero-order valence-electron chi connectivity index (χ0n) is 17.4. The topological polar surface area (TPSA) is 47.2 Å². The van der Waals surface area contributed by atoms with Crippen molar-refractivity contribution in [1.82, 2.24) is 0 Å². The van der Waals surface area contributed by atoms with Crippen LogP contribution < -0.4 is 14.6 Å². The van der Waals surface area contributed by atoms with Crippen LogP contribution in [0.2, 0.25) is 0 Å². The number of pyridine rings is 1. The van der Waals surface area contributed by atoms with Gasteiger partial charge < -0.3 is 10.0 Å². The number of benzene rings is 2. The molecule has 0 N–H and O–H groups in total. The smallest absolute Gasteiger partial charge is 0.212 e. The Bertz CT molecular complexity index is 1450. The van der Waals surface area contributed by atoms with Crippen molar-refractivity contribution in [2.75, 3.05) is 11.9 Å². The third-order valence-electron chi connectivity index (χ3n) is 5.91. The van der Waals surface area contributed by atoms with Crippen LogP contribution in [-0.2, 0) is 11.8 Å². The third-order valence-corrected chi connectivity index (χ3v) is 6.89. The molecule has 0 saturated heterocycles. The maximum absolute atomic E-state index is 12.8. The van der Waals surface area contributed by atoms with E-state index >= 15 is 0 Å². The molecule has 1 aliphatic heterocycles. The van der Waals surface area contributed by atoms with Gasteiger partial charge in [0.25, 0.3) is 0 Å². The van der Waals surface area contributed by atoms with Gasteiger partial charge in [-0.05, 0) is 54.1 Å². The first-order valence-electron chi connectivity index (χ1n) is 10.0. The van der Waals surface area contributed by atoms with Crippen LogP contribution in [0.15, 0.2) is 92.2 Å². The van der Waals surface area contributed by atoms with E-state index in [1.54, 1.807) is 12.2 Å². The maximum Gasteiger partial charge on any atom is 0.212 e. The van der Waals surface area contributed by atoms with Crippen molar-refractivity contribution in [3.63, 3.8) is 0 Å². The first-order chi connectivity index (χ1) is 15.3. The van der Waals surface area contributed by atoms with Gasteiger partial charge in [0.05, 0.1) is 0 Å². The first-order valence-corrected chi connectivity index (χ1v) is 11.6. The largest absolute Gasteiger partial charge is 0.871 e. The van der Waals surface area contributed by atoms with Gasteiger partial charge in [0.15, 0.2) is 5.78 Å². The number of anilines is 1. The number of hydrogen-bond donors (Lipinski definition) is 0. The number of nitrogens with zero attached hydrogens (tertiary/aromatic N) is 2. The van der Waals surface area contributed by atoms with Crippen LogP contribution >= 0.6 is 31.9 Å². The lowest BCUT2D eigenvalue weighted by Crippen LogP contribution is -2.35. The highest BCUT2D eigenvalue weighted by Gasteiger charge is 2.28. The quantitative estimate of drug-likeness (QED) is 0.340. The number of aromatic nitrogens is 1. The van der Waals surface area contributed by atoms with Crippen LogP contribution in [0.25, 0.3) is 23.1 Å². The standard InChI is InChI=1S/C26H18Br2N2O2/c1-29-19(7-3-15-11-17(27)5-9-23(15)29)13-21-25(31)22(26(21)32)14-20-8-4-16-12-18(28)6-10-24(16)30(20)2/h3-14H,1-2H3. The van der Waals surface area contributed by atoms with Gasteiger partial charge in [0.2, 0.25) is 11.2 Å².